The fraction of sp³-hybridized carbons (Fsp3) is 0.892. The van der Waals surface area contributed by atoms with Crippen molar-refractivity contribution in [3.63, 3.8) is 0 Å². The Morgan fingerprint density at radius 2 is 1.72 bits per heavy atom. The lowest BCUT2D eigenvalue weighted by Gasteiger charge is -2.60. The first-order valence-electron chi connectivity index (χ1n) is 17.9. The summed E-state index contributed by atoms with van der Waals surface area (Å²) in [4.78, 5) is 26.3. The fourth-order valence-corrected chi connectivity index (χ4v) is 12.4. The van der Waals surface area contributed by atoms with Crippen molar-refractivity contribution in [2.45, 2.75) is 155 Å². The molecular weight excluding hydrogens is 604 g/mol. The Hall–Kier alpha value is -1.40. The molecule has 15 unspecified atom stereocenters. The van der Waals surface area contributed by atoms with Crippen LogP contribution in [0.3, 0.4) is 0 Å². The van der Waals surface area contributed by atoms with Crippen LogP contribution in [0.4, 0.5) is 0 Å². The van der Waals surface area contributed by atoms with Crippen LogP contribution >= 0.6 is 0 Å². The van der Waals surface area contributed by atoms with Gasteiger partial charge in [-0.25, -0.2) is 0 Å². The van der Waals surface area contributed by atoms with Crippen LogP contribution in [0.2, 0.25) is 0 Å². The summed E-state index contributed by atoms with van der Waals surface area (Å²) in [6.07, 6.45) is 1.49. The number of hydrogen-bond acceptors (Lipinski definition) is 10. The van der Waals surface area contributed by atoms with Crippen molar-refractivity contribution in [2.24, 2.45) is 44.8 Å². The standard InChI is InChI=1S/C37H56O10/c1-18(15-21(45-19(2)38)30-33(5,6)47-30)25-27(41)29(43)35(8)23-10-9-22-32(3,4)24(46-31-28(42)26(40)20(39)16-44-31)11-12-36(22)17-37(23,36)14-13-34(25,35)7/h10,18,20-22,24-26,28-31,39-40,42-43H,9,11-17H2,1-8H3. The smallest absolute Gasteiger partial charge is 0.302 e. The summed E-state index contributed by atoms with van der Waals surface area (Å²) in [7, 11) is 0. The molecule has 4 N–H and O–H groups in total. The quantitative estimate of drug-likeness (QED) is 0.181. The van der Waals surface area contributed by atoms with Crippen LogP contribution in [-0.4, -0.2) is 93.4 Å². The third kappa shape index (κ3) is 4.47. The predicted octanol–water partition coefficient (Wildman–Crippen LogP) is 3.45. The Bertz CT molecular complexity index is 1360. The highest BCUT2D eigenvalue weighted by atomic mass is 16.7. The van der Waals surface area contributed by atoms with Crippen LogP contribution in [0.1, 0.15) is 100 Å². The largest absolute Gasteiger partial charge is 0.460 e. The Morgan fingerprint density at radius 1 is 1.04 bits per heavy atom. The molecule has 0 aromatic heterocycles. The highest BCUT2D eigenvalue weighted by Crippen LogP contribution is 2.87. The van der Waals surface area contributed by atoms with Gasteiger partial charge >= 0.3 is 5.97 Å². The Kier molecular flexibility index (Phi) is 7.65. The van der Waals surface area contributed by atoms with E-state index in [0.29, 0.717) is 12.3 Å². The first kappa shape index (κ1) is 34.1. The van der Waals surface area contributed by atoms with E-state index in [0.717, 1.165) is 38.5 Å². The summed E-state index contributed by atoms with van der Waals surface area (Å²) in [6, 6.07) is 0. The van der Waals surface area contributed by atoms with E-state index in [2.05, 4.69) is 40.7 Å². The van der Waals surface area contributed by atoms with Gasteiger partial charge < -0.3 is 39.4 Å². The van der Waals surface area contributed by atoms with Crippen LogP contribution in [0.25, 0.3) is 0 Å². The minimum atomic E-state index is -1.32. The molecule has 4 saturated carbocycles. The number of ketones is 1. The number of aliphatic hydroxyl groups is 4. The first-order chi connectivity index (χ1) is 21.8. The Balaban J connectivity index is 1.15. The van der Waals surface area contributed by atoms with Gasteiger partial charge in [-0.15, -0.1) is 0 Å². The highest BCUT2D eigenvalue weighted by Gasteiger charge is 2.82. The number of fused-ring (bicyclic) bond motifs is 2. The second-order valence-corrected chi connectivity index (χ2v) is 18.0. The van der Waals surface area contributed by atoms with Crippen molar-refractivity contribution < 1.29 is 49.0 Å². The molecule has 2 heterocycles. The fourth-order valence-electron chi connectivity index (χ4n) is 12.4. The maximum absolute atomic E-state index is 14.2. The molecule has 2 saturated heterocycles. The highest BCUT2D eigenvalue weighted by molar-refractivity contribution is 5.91. The van der Waals surface area contributed by atoms with E-state index in [-0.39, 0.29) is 64.2 Å². The van der Waals surface area contributed by atoms with Crippen molar-refractivity contribution in [3.8, 4) is 0 Å². The number of hydrogen-bond donors (Lipinski definition) is 4. The minimum absolute atomic E-state index is 0.0499. The van der Waals surface area contributed by atoms with E-state index in [9.17, 15) is 30.0 Å². The van der Waals surface area contributed by atoms with Gasteiger partial charge in [0.2, 0.25) is 0 Å². The van der Waals surface area contributed by atoms with E-state index in [4.69, 9.17) is 18.9 Å². The normalized spacial score (nSPS) is 51.8. The Morgan fingerprint density at radius 3 is 2.36 bits per heavy atom. The molecule has 10 heteroatoms. The summed E-state index contributed by atoms with van der Waals surface area (Å²) in [5, 5.41) is 42.7. The average molecular weight is 661 g/mol. The molecule has 7 aliphatic rings. The summed E-state index contributed by atoms with van der Waals surface area (Å²) >= 11 is 0. The Labute approximate surface area is 278 Å². The van der Waals surface area contributed by atoms with Crippen molar-refractivity contribution in [3.05, 3.63) is 11.6 Å². The molecule has 0 radical (unpaired) electrons. The summed E-state index contributed by atoms with van der Waals surface area (Å²) < 4.78 is 23.7. The van der Waals surface area contributed by atoms with E-state index in [1.54, 1.807) is 0 Å². The number of esters is 1. The number of carbonyl (C=O) groups is 2. The number of ether oxygens (including phenoxy) is 4. The van der Waals surface area contributed by atoms with Crippen LogP contribution in [-0.2, 0) is 28.5 Å². The van der Waals surface area contributed by atoms with E-state index < -0.39 is 47.6 Å². The van der Waals surface area contributed by atoms with Crippen LogP contribution < -0.4 is 0 Å². The third-order valence-corrected chi connectivity index (χ3v) is 15.0. The van der Waals surface area contributed by atoms with Crippen molar-refractivity contribution in [2.75, 3.05) is 6.61 Å². The van der Waals surface area contributed by atoms with Gasteiger partial charge in [0.15, 0.2) is 12.1 Å². The molecule has 0 bridgehead atoms. The molecule has 7 rings (SSSR count). The number of epoxide rings is 1. The zero-order valence-corrected chi connectivity index (χ0v) is 29.3. The molecule has 6 fully saturated rings. The lowest BCUT2D eigenvalue weighted by molar-refractivity contribution is -0.300. The van der Waals surface area contributed by atoms with E-state index in [1.165, 1.54) is 12.5 Å². The molecule has 47 heavy (non-hydrogen) atoms. The van der Waals surface area contributed by atoms with Gasteiger partial charge in [-0.2, -0.15) is 0 Å². The molecule has 0 amide bonds. The SMILES string of the molecule is CC(=O)OC(CC(C)C1C(=O)C(O)C2(C)C3=CCC4C(C)(C)C(OC5OCC(O)C(O)C5O)CCC45CC35CCC12C)C1OC1(C)C. The maximum Gasteiger partial charge on any atom is 0.302 e. The minimum Gasteiger partial charge on any atom is -0.460 e. The van der Waals surface area contributed by atoms with Crippen LogP contribution in [0.5, 0.6) is 0 Å². The second kappa shape index (κ2) is 10.6. The van der Waals surface area contributed by atoms with Crippen LogP contribution in [0, 0.1) is 44.8 Å². The topological polar surface area (TPSA) is 155 Å². The number of aliphatic hydroxyl groups excluding tert-OH is 4. The number of carbonyl (C=O) groups excluding carboxylic acids is 2. The molecule has 0 aromatic carbocycles. The molecule has 2 spiro atoms. The van der Waals surface area contributed by atoms with Crippen molar-refractivity contribution >= 4 is 11.8 Å². The van der Waals surface area contributed by atoms with Gasteiger partial charge in [-0.3, -0.25) is 9.59 Å². The van der Waals surface area contributed by atoms with Gasteiger partial charge in [0, 0.05) is 18.3 Å². The molecule has 15 atom stereocenters. The zero-order chi connectivity index (χ0) is 34.3. The zero-order valence-electron chi connectivity index (χ0n) is 29.3. The third-order valence-electron chi connectivity index (χ3n) is 15.0. The average Bonchev–Trinajstić information content (AvgIpc) is 3.84. The molecule has 2 aliphatic heterocycles. The molecule has 10 nitrogen and oxygen atoms in total. The van der Waals surface area contributed by atoms with Crippen LogP contribution in [0.15, 0.2) is 11.6 Å². The molecular formula is C37H56O10. The van der Waals surface area contributed by atoms with Gasteiger partial charge in [-0.05, 0) is 92.3 Å². The van der Waals surface area contributed by atoms with E-state index >= 15 is 0 Å². The molecule has 5 aliphatic carbocycles. The summed E-state index contributed by atoms with van der Waals surface area (Å²) in [5.41, 5.74) is -0.534. The van der Waals surface area contributed by atoms with Gasteiger partial charge in [0.1, 0.15) is 36.6 Å². The van der Waals surface area contributed by atoms with E-state index in [1.807, 2.05) is 13.8 Å². The number of Topliss-reactive ketones (excluding diaryl/α,β-unsaturated/α-hetero) is 1. The maximum atomic E-state index is 14.2. The summed E-state index contributed by atoms with van der Waals surface area (Å²) in [6.45, 7) is 16.2. The van der Waals surface area contributed by atoms with Gasteiger partial charge in [-0.1, -0.05) is 46.3 Å². The summed E-state index contributed by atoms with van der Waals surface area (Å²) in [5.74, 6) is -0.632. The lowest BCUT2D eigenvalue weighted by Crippen LogP contribution is -2.58. The monoisotopic (exact) mass is 660 g/mol. The predicted molar refractivity (Wildman–Crippen MR) is 170 cm³/mol. The molecule has 264 valence electrons. The van der Waals surface area contributed by atoms with Gasteiger partial charge in [0.25, 0.3) is 0 Å². The number of rotatable bonds is 7. The first-order valence-corrected chi connectivity index (χ1v) is 17.9. The lowest BCUT2D eigenvalue weighted by atomic mass is 9.44. The number of allylic oxidation sites excluding steroid dienone is 1. The van der Waals surface area contributed by atoms with Crippen molar-refractivity contribution in [1.82, 2.24) is 0 Å². The molecule has 0 aromatic rings. The van der Waals surface area contributed by atoms with Gasteiger partial charge in [0.05, 0.1) is 18.3 Å². The van der Waals surface area contributed by atoms with Crippen molar-refractivity contribution in [1.29, 1.82) is 0 Å². The second-order valence-electron chi connectivity index (χ2n) is 18.0.